The fraction of sp³-hybridized carbons (Fsp3) is 0.417. The molecular weight excluding hydrogens is 218 g/mol. The average Bonchev–Trinajstić information content (AvgIpc) is 2.36. The Kier molecular flexibility index (Phi) is 4.05. The minimum absolute atomic E-state index is 0.0222. The topological polar surface area (TPSA) is 85.8 Å². The van der Waals surface area contributed by atoms with Crippen molar-refractivity contribution in [1.29, 1.82) is 5.26 Å². The van der Waals surface area contributed by atoms with Gasteiger partial charge in [-0.2, -0.15) is 5.26 Å². The van der Waals surface area contributed by atoms with E-state index in [9.17, 15) is 9.59 Å². The summed E-state index contributed by atoms with van der Waals surface area (Å²) in [4.78, 5) is 26.0. The third-order valence-corrected chi connectivity index (χ3v) is 2.84. The summed E-state index contributed by atoms with van der Waals surface area (Å²) in [5, 5.41) is 11.7. The van der Waals surface area contributed by atoms with Gasteiger partial charge in [-0.05, 0) is 12.8 Å². The van der Waals surface area contributed by atoms with Gasteiger partial charge in [0, 0.05) is 18.5 Å². The van der Waals surface area contributed by atoms with Crippen LogP contribution in [0.15, 0.2) is 23.3 Å². The van der Waals surface area contributed by atoms with E-state index in [1.165, 1.54) is 18.5 Å². The van der Waals surface area contributed by atoms with Crippen LogP contribution in [0.25, 0.3) is 0 Å². The van der Waals surface area contributed by atoms with E-state index in [0.717, 1.165) is 0 Å². The molecule has 0 atom stereocenters. The molecule has 0 aromatic carbocycles. The molecule has 1 amide bonds. The van der Waals surface area contributed by atoms with E-state index >= 15 is 0 Å². The Morgan fingerprint density at radius 2 is 2.18 bits per heavy atom. The van der Waals surface area contributed by atoms with Crippen LogP contribution in [0, 0.1) is 11.3 Å². The summed E-state index contributed by atoms with van der Waals surface area (Å²) in [5.74, 6) is -0.517. The fourth-order valence-corrected chi connectivity index (χ4v) is 1.49. The van der Waals surface area contributed by atoms with Crippen molar-refractivity contribution in [1.82, 2.24) is 10.3 Å². The van der Waals surface area contributed by atoms with Gasteiger partial charge in [0.25, 0.3) is 5.91 Å². The zero-order valence-electron chi connectivity index (χ0n) is 9.91. The molecule has 5 nitrogen and oxygen atoms in total. The monoisotopic (exact) mass is 233 g/mol. The quantitative estimate of drug-likeness (QED) is 0.819. The van der Waals surface area contributed by atoms with Gasteiger partial charge in [-0.25, -0.2) is 0 Å². The van der Waals surface area contributed by atoms with Crippen LogP contribution in [-0.2, 0) is 0 Å². The van der Waals surface area contributed by atoms with Crippen LogP contribution in [0.5, 0.6) is 0 Å². The number of amides is 1. The molecule has 1 aromatic heterocycles. The van der Waals surface area contributed by atoms with Gasteiger partial charge < -0.3 is 10.3 Å². The molecule has 2 N–H and O–H groups in total. The number of nitrogens with zero attached hydrogens (tertiary/aromatic N) is 1. The van der Waals surface area contributed by atoms with Crippen molar-refractivity contribution in [2.75, 3.05) is 0 Å². The molecule has 0 spiro atoms. The second kappa shape index (κ2) is 5.30. The number of aromatic amines is 1. The number of nitrogens with one attached hydrogen (secondary N) is 2. The van der Waals surface area contributed by atoms with Crippen molar-refractivity contribution in [3.63, 3.8) is 0 Å². The van der Waals surface area contributed by atoms with Crippen molar-refractivity contribution in [2.24, 2.45) is 0 Å². The summed E-state index contributed by atoms with van der Waals surface area (Å²) in [6, 6.07) is 3.37. The maximum Gasteiger partial charge on any atom is 0.257 e. The lowest BCUT2D eigenvalue weighted by Gasteiger charge is -2.24. The first-order chi connectivity index (χ1) is 8.08. The standard InChI is InChI=1S/C12H15N3O2/c1-3-12(4-2,8-13)15-11(17)9-7-14-6-5-10(9)16/h5-7H,3-4H2,1-2H3,(H,14,16)(H,15,17). The Morgan fingerprint density at radius 3 is 2.65 bits per heavy atom. The number of carbonyl (C=O) groups excluding carboxylic acids is 1. The predicted molar refractivity (Wildman–Crippen MR) is 63.5 cm³/mol. The molecule has 17 heavy (non-hydrogen) atoms. The highest BCUT2D eigenvalue weighted by Gasteiger charge is 2.28. The molecule has 0 aliphatic heterocycles. The van der Waals surface area contributed by atoms with Gasteiger partial charge in [-0.1, -0.05) is 13.8 Å². The van der Waals surface area contributed by atoms with Crippen molar-refractivity contribution in [3.05, 3.63) is 34.2 Å². The molecule has 90 valence electrons. The molecule has 1 rings (SSSR count). The van der Waals surface area contributed by atoms with Crippen LogP contribution in [0.1, 0.15) is 37.0 Å². The molecule has 0 saturated carbocycles. The molecule has 0 bridgehead atoms. The molecule has 0 fully saturated rings. The fourth-order valence-electron chi connectivity index (χ4n) is 1.49. The van der Waals surface area contributed by atoms with E-state index in [0.29, 0.717) is 12.8 Å². The second-order valence-corrected chi connectivity index (χ2v) is 3.78. The Labute approximate surface area is 99.5 Å². The number of pyridine rings is 1. The number of H-pyrrole nitrogens is 1. The second-order valence-electron chi connectivity index (χ2n) is 3.78. The van der Waals surface area contributed by atoms with Gasteiger partial charge in [0.15, 0.2) is 5.43 Å². The summed E-state index contributed by atoms with van der Waals surface area (Å²) < 4.78 is 0. The summed E-state index contributed by atoms with van der Waals surface area (Å²) in [6.45, 7) is 3.64. The number of rotatable bonds is 4. The van der Waals surface area contributed by atoms with Crippen molar-refractivity contribution >= 4 is 5.91 Å². The summed E-state index contributed by atoms with van der Waals surface area (Å²) >= 11 is 0. The lowest BCUT2D eigenvalue weighted by molar-refractivity contribution is 0.0914. The summed E-state index contributed by atoms with van der Waals surface area (Å²) in [7, 11) is 0. The number of carbonyl (C=O) groups is 1. The maximum absolute atomic E-state index is 11.9. The molecule has 1 aromatic rings. The van der Waals surface area contributed by atoms with Crippen LogP contribution in [0.2, 0.25) is 0 Å². The minimum atomic E-state index is -0.903. The summed E-state index contributed by atoms with van der Waals surface area (Å²) in [5.41, 5.74) is -1.24. The average molecular weight is 233 g/mol. The highest BCUT2D eigenvalue weighted by atomic mass is 16.2. The highest BCUT2D eigenvalue weighted by Crippen LogP contribution is 2.14. The van der Waals surface area contributed by atoms with Gasteiger partial charge in [0.2, 0.25) is 0 Å². The summed E-state index contributed by atoms with van der Waals surface area (Å²) in [6.07, 6.45) is 3.79. The number of aromatic nitrogens is 1. The lowest BCUT2D eigenvalue weighted by atomic mass is 9.94. The first kappa shape index (κ1) is 13.0. The smallest absolute Gasteiger partial charge is 0.257 e. The largest absolute Gasteiger partial charge is 0.367 e. The van der Waals surface area contributed by atoms with E-state index < -0.39 is 11.4 Å². The molecule has 0 aliphatic carbocycles. The molecule has 0 saturated heterocycles. The number of hydrogen-bond donors (Lipinski definition) is 2. The van der Waals surface area contributed by atoms with E-state index in [1.54, 1.807) is 0 Å². The van der Waals surface area contributed by atoms with Gasteiger partial charge in [0.05, 0.1) is 6.07 Å². The third kappa shape index (κ3) is 2.72. The molecule has 0 radical (unpaired) electrons. The van der Waals surface area contributed by atoms with E-state index in [4.69, 9.17) is 5.26 Å². The highest BCUT2D eigenvalue weighted by molar-refractivity contribution is 5.94. The van der Waals surface area contributed by atoms with Gasteiger partial charge in [-0.15, -0.1) is 0 Å². The Morgan fingerprint density at radius 1 is 1.53 bits per heavy atom. The van der Waals surface area contributed by atoms with Crippen LogP contribution in [-0.4, -0.2) is 16.4 Å². The van der Waals surface area contributed by atoms with Crippen LogP contribution >= 0.6 is 0 Å². The molecule has 0 aliphatic rings. The zero-order valence-corrected chi connectivity index (χ0v) is 9.91. The van der Waals surface area contributed by atoms with Gasteiger partial charge in [0.1, 0.15) is 11.1 Å². The normalized spacial score (nSPS) is 10.6. The number of nitriles is 1. The SMILES string of the molecule is CCC(C#N)(CC)NC(=O)c1c[nH]ccc1=O. The first-order valence-corrected chi connectivity index (χ1v) is 5.49. The Bertz CT molecular complexity index is 495. The molecule has 0 unspecified atom stereocenters. The van der Waals surface area contributed by atoms with Crippen molar-refractivity contribution < 1.29 is 4.79 Å². The van der Waals surface area contributed by atoms with Crippen molar-refractivity contribution in [2.45, 2.75) is 32.2 Å². The van der Waals surface area contributed by atoms with Crippen LogP contribution in [0.3, 0.4) is 0 Å². The van der Waals surface area contributed by atoms with Crippen LogP contribution < -0.4 is 10.7 Å². The van der Waals surface area contributed by atoms with E-state index in [1.807, 2.05) is 13.8 Å². The van der Waals surface area contributed by atoms with E-state index in [-0.39, 0.29) is 11.0 Å². The van der Waals surface area contributed by atoms with Crippen LogP contribution in [0.4, 0.5) is 0 Å². The lowest BCUT2D eigenvalue weighted by Crippen LogP contribution is -2.47. The zero-order chi connectivity index (χ0) is 12.9. The third-order valence-electron chi connectivity index (χ3n) is 2.84. The minimum Gasteiger partial charge on any atom is -0.367 e. The van der Waals surface area contributed by atoms with Gasteiger partial charge in [-0.3, -0.25) is 9.59 Å². The molecule has 1 heterocycles. The Balaban J connectivity index is 2.98. The van der Waals surface area contributed by atoms with Gasteiger partial charge >= 0.3 is 0 Å². The van der Waals surface area contributed by atoms with E-state index in [2.05, 4.69) is 16.4 Å². The Hall–Kier alpha value is -2.09. The molecular formula is C12H15N3O2. The van der Waals surface area contributed by atoms with Crippen molar-refractivity contribution in [3.8, 4) is 6.07 Å². The number of hydrogen-bond acceptors (Lipinski definition) is 3. The first-order valence-electron chi connectivity index (χ1n) is 5.49. The maximum atomic E-state index is 11.9. The predicted octanol–water partition coefficient (Wildman–Crippen LogP) is 1.19. The molecule has 5 heteroatoms.